The van der Waals surface area contributed by atoms with Gasteiger partial charge in [-0.2, -0.15) is 0 Å². The van der Waals surface area contributed by atoms with Gasteiger partial charge in [0.1, 0.15) is 0 Å². The Balaban J connectivity index is 1.99. The van der Waals surface area contributed by atoms with Crippen molar-refractivity contribution in [3.05, 3.63) is 70.2 Å². The summed E-state index contributed by atoms with van der Waals surface area (Å²) >= 11 is 5.82. The van der Waals surface area contributed by atoms with Crippen LogP contribution in [0.3, 0.4) is 0 Å². The van der Waals surface area contributed by atoms with Crippen molar-refractivity contribution in [2.45, 2.75) is 33.1 Å². The molecular weight excluding hydrogens is 298 g/mol. The predicted octanol–water partition coefficient (Wildman–Crippen LogP) is 4.20. The molecule has 2 aromatic rings. The molecule has 0 aromatic heterocycles. The molecule has 0 atom stereocenters. The Bertz CT molecular complexity index is 623. The third-order valence-electron chi connectivity index (χ3n) is 3.24. The van der Waals surface area contributed by atoms with Crippen LogP contribution in [-0.2, 0) is 17.9 Å². The van der Waals surface area contributed by atoms with E-state index < -0.39 is 0 Å². The summed E-state index contributed by atoms with van der Waals surface area (Å²) in [6, 6.07) is 14.8. The molecule has 2 rings (SSSR count). The van der Waals surface area contributed by atoms with Crippen molar-refractivity contribution in [1.82, 2.24) is 5.32 Å². The average molecular weight is 318 g/mol. The Labute approximate surface area is 136 Å². The van der Waals surface area contributed by atoms with E-state index >= 15 is 0 Å². The lowest BCUT2D eigenvalue weighted by atomic mass is 10.1. The van der Waals surface area contributed by atoms with Crippen LogP contribution >= 0.6 is 11.6 Å². The van der Waals surface area contributed by atoms with Crippen LogP contribution in [0.5, 0.6) is 0 Å². The number of nitrogens with one attached hydrogen (secondary N) is 1. The largest absolute Gasteiger partial charge is 0.374 e. The normalized spacial score (nSPS) is 10.7. The van der Waals surface area contributed by atoms with Gasteiger partial charge >= 0.3 is 0 Å². The van der Waals surface area contributed by atoms with E-state index in [1.807, 2.05) is 38.1 Å². The Morgan fingerprint density at radius 3 is 2.36 bits per heavy atom. The number of ether oxygens (including phenoxy) is 1. The second-order valence-corrected chi connectivity index (χ2v) is 5.75. The molecule has 0 saturated carbocycles. The van der Waals surface area contributed by atoms with Crippen LogP contribution in [0.15, 0.2) is 48.5 Å². The van der Waals surface area contributed by atoms with Gasteiger partial charge in [0.25, 0.3) is 5.91 Å². The van der Waals surface area contributed by atoms with Gasteiger partial charge in [0.2, 0.25) is 0 Å². The number of rotatable bonds is 6. The molecule has 1 amide bonds. The van der Waals surface area contributed by atoms with E-state index in [9.17, 15) is 4.79 Å². The maximum atomic E-state index is 12.1. The van der Waals surface area contributed by atoms with E-state index in [4.69, 9.17) is 16.3 Å². The van der Waals surface area contributed by atoms with Gasteiger partial charge in [0, 0.05) is 17.1 Å². The summed E-state index contributed by atoms with van der Waals surface area (Å²) in [6.45, 7) is 5.03. The van der Waals surface area contributed by atoms with Gasteiger partial charge in [-0.1, -0.05) is 35.9 Å². The van der Waals surface area contributed by atoms with Crippen LogP contribution in [0.4, 0.5) is 0 Å². The maximum absolute atomic E-state index is 12.1. The number of benzene rings is 2. The zero-order valence-electron chi connectivity index (χ0n) is 12.8. The minimum absolute atomic E-state index is 0.115. The van der Waals surface area contributed by atoms with Crippen LogP contribution < -0.4 is 5.32 Å². The molecule has 116 valence electrons. The van der Waals surface area contributed by atoms with Crippen molar-refractivity contribution in [2.75, 3.05) is 0 Å². The summed E-state index contributed by atoms with van der Waals surface area (Å²) in [5.74, 6) is -0.115. The van der Waals surface area contributed by atoms with Gasteiger partial charge in [0.15, 0.2) is 0 Å². The summed E-state index contributed by atoms with van der Waals surface area (Å²) in [6.07, 6.45) is 0.178. The second kappa shape index (κ2) is 7.97. The highest BCUT2D eigenvalue weighted by Crippen LogP contribution is 2.12. The SMILES string of the molecule is CC(C)OCc1ccccc1CNC(=O)c1ccc(Cl)cc1. The first-order valence-electron chi connectivity index (χ1n) is 7.28. The highest BCUT2D eigenvalue weighted by molar-refractivity contribution is 6.30. The smallest absolute Gasteiger partial charge is 0.251 e. The molecule has 3 nitrogen and oxygen atoms in total. The quantitative estimate of drug-likeness (QED) is 0.867. The summed E-state index contributed by atoms with van der Waals surface area (Å²) in [4.78, 5) is 12.1. The fourth-order valence-electron chi connectivity index (χ4n) is 2.01. The highest BCUT2D eigenvalue weighted by atomic mass is 35.5. The number of halogens is 1. The first-order valence-corrected chi connectivity index (χ1v) is 7.66. The molecule has 0 fully saturated rings. The van der Waals surface area contributed by atoms with E-state index in [2.05, 4.69) is 5.32 Å². The summed E-state index contributed by atoms with van der Waals surface area (Å²) < 4.78 is 5.65. The van der Waals surface area contributed by atoms with Crippen LogP contribution in [0.2, 0.25) is 5.02 Å². The fourth-order valence-corrected chi connectivity index (χ4v) is 2.13. The van der Waals surface area contributed by atoms with Crippen molar-refractivity contribution in [2.24, 2.45) is 0 Å². The van der Waals surface area contributed by atoms with E-state index in [1.165, 1.54) is 0 Å². The van der Waals surface area contributed by atoms with Gasteiger partial charge < -0.3 is 10.1 Å². The third kappa shape index (κ3) is 4.86. The van der Waals surface area contributed by atoms with Gasteiger partial charge in [-0.3, -0.25) is 4.79 Å². The Hall–Kier alpha value is -1.84. The lowest BCUT2D eigenvalue weighted by Gasteiger charge is -2.13. The fraction of sp³-hybridized carbons (Fsp3) is 0.278. The minimum Gasteiger partial charge on any atom is -0.374 e. The molecule has 2 aromatic carbocycles. The number of amides is 1. The van der Waals surface area contributed by atoms with Crippen LogP contribution in [0, 0.1) is 0 Å². The van der Waals surface area contributed by atoms with Gasteiger partial charge in [-0.15, -0.1) is 0 Å². The number of hydrogen-bond acceptors (Lipinski definition) is 2. The maximum Gasteiger partial charge on any atom is 0.251 e. The van der Waals surface area contributed by atoms with Crippen molar-refractivity contribution < 1.29 is 9.53 Å². The lowest BCUT2D eigenvalue weighted by Crippen LogP contribution is -2.23. The molecule has 0 spiro atoms. The first-order chi connectivity index (χ1) is 10.6. The molecular formula is C18H20ClNO2. The van der Waals surface area contributed by atoms with Crippen molar-refractivity contribution >= 4 is 17.5 Å². The van der Waals surface area contributed by atoms with E-state index in [-0.39, 0.29) is 12.0 Å². The predicted molar refractivity (Wildman–Crippen MR) is 89.0 cm³/mol. The number of carbonyl (C=O) groups is 1. The Morgan fingerprint density at radius 2 is 1.73 bits per heavy atom. The Kier molecular flexibility index (Phi) is 5.99. The summed E-state index contributed by atoms with van der Waals surface area (Å²) in [5.41, 5.74) is 2.75. The molecule has 0 unspecified atom stereocenters. The number of carbonyl (C=O) groups excluding carboxylic acids is 1. The van der Waals surface area contributed by atoms with E-state index in [0.717, 1.165) is 11.1 Å². The molecule has 1 N–H and O–H groups in total. The highest BCUT2D eigenvalue weighted by Gasteiger charge is 2.07. The van der Waals surface area contributed by atoms with Crippen LogP contribution in [0.25, 0.3) is 0 Å². The topological polar surface area (TPSA) is 38.3 Å². The van der Waals surface area contributed by atoms with Crippen LogP contribution in [-0.4, -0.2) is 12.0 Å². The first kappa shape index (κ1) is 16.5. The molecule has 0 bridgehead atoms. The van der Waals surface area contributed by atoms with Gasteiger partial charge in [-0.25, -0.2) is 0 Å². The van der Waals surface area contributed by atoms with Gasteiger partial charge in [-0.05, 0) is 49.2 Å². The van der Waals surface area contributed by atoms with Crippen LogP contribution in [0.1, 0.15) is 35.3 Å². The zero-order valence-corrected chi connectivity index (χ0v) is 13.6. The van der Waals surface area contributed by atoms with Crippen molar-refractivity contribution in [3.8, 4) is 0 Å². The molecule has 0 aliphatic rings. The van der Waals surface area contributed by atoms with E-state index in [0.29, 0.717) is 23.7 Å². The molecule has 0 radical (unpaired) electrons. The second-order valence-electron chi connectivity index (χ2n) is 5.32. The molecule has 0 saturated heterocycles. The van der Waals surface area contributed by atoms with Crippen molar-refractivity contribution in [3.63, 3.8) is 0 Å². The lowest BCUT2D eigenvalue weighted by molar-refractivity contribution is 0.0651. The summed E-state index contributed by atoms with van der Waals surface area (Å²) in [7, 11) is 0. The minimum atomic E-state index is -0.115. The molecule has 0 aliphatic carbocycles. The third-order valence-corrected chi connectivity index (χ3v) is 3.49. The zero-order chi connectivity index (χ0) is 15.9. The molecule has 0 aliphatic heterocycles. The molecule has 22 heavy (non-hydrogen) atoms. The molecule has 4 heteroatoms. The number of hydrogen-bond donors (Lipinski definition) is 1. The summed E-state index contributed by atoms with van der Waals surface area (Å²) in [5, 5.41) is 3.54. The Morgan fingerprint density at radius 1 is 1.09 bits per heavy atom. The average Bonchev–Trinajstić information content (AvgIpc) is 2.52. The molecule has 0 heterocycles. The van der Waals surface area contributed by atoms with E-state index in [1.54, 1.807) is 24.3 Å². The van der Waals surface area contributed by atoms with Crippen molar-refractivity contribution in [1.29, 1.82) is 0 Å². The monoisotopic (exact) mass is 317 g/mol. The van der Waals surface area contributed by atoms with Gasteiger partial charge in [0.05, 0.1) is 12.7 Å². The standard InChI is InChI=1S/C18H20ClNO2/c1-13(2)22-12-16-6-4-3-5-15(16)11-20-18(21)14-7-9-17(19)10-8-14/h3-10,13H,11-12H2,1-2H3,(H,20,21).